The minimum Gasteiger partial charge on any atom is -0.351 e. The number of hydrogen-bond acceptors (Lipinski definition) is 5. The zero-order chi connectivity index (χ0) is 17.4. The lowest BCUT2D eigenvalue weighted by Gasteiger charge is -2.20. The fourth-order valence-corrected chi connectivity index (χ4v) is 3.88. The van der Waals surface area contributed by atoms with E-state index in [1.807, 2.05) is 11.8 Å². The number of nitrogens with one attached hydrogen (secondary N) is 2. The van der Waals surface area contributed by atoms with Gasteiger partial charge in [0.25, 0.3) is 5.56 Å². The summed E-state index contributed by atoms with van der Waals surface area (Å²) in [6, 6.07) is 1.77. The SMILES string of the molecule is CC12CN(c3ncnn4cc(-c5c[nH]c(=O)[nH]c5=O)cc34)CC1(F)C2. The van der Waals surface area contributed by atoms with Crippen LogP contribution in [0.25, 0.3) is 16.6 Å². The Balaban J connectivity index is 1.62. The van der Waals surface area contributed by atoms with Crippen LogP contribution in [0.1, 0.15) is 13.3 Å². The van der Waals surface area contributed by atoms with Crippen molar-refractivity contribution in [2.45, 2.75) is 19.0 Å². The Morgan fingerprint density at radius 2 is 2.16 bits per heavy atom. The molecule has 5 rings (SSSR count). The van der Waals surface area contributed by atoms with Gasteiger partial charge in [0.05, 0.1) is 12.1 Å². The third kappa shape index (κ3) is 1.92. The predicted octanol–water partition coefficient (Wildman–Crippen LogP) is 0.711. The van der Waals surface area contributed by atoms with E-state index in [2.05, 4.69) is 20.1 Å². The lowest BCUT2D eigenvalue weighted by Crippen LogP contribution is -2.27. The van der Waals surface area contributed by atoms with Gasteiger partial charge in [-0.05, 0) is 12.5 Å². The molecule has 0 spiro atoms. The highest BCUT2D eigenvalue weighted by Gasteiger charge is 2.71. The minimum atomic E-state index is -1.14. The largest absolute Gasteiger partial charge is 0.351 e. The van der Waals surface area contributed by atoms with Gasteiger partial charge in [-0.25, -0.2) is 18.7 Å². The lowest BCUT2D eigenvalue weighted by atomic mass is 10.1. The van der Waals surface area contributed by atoms with Gasteiger partial charge in [-0.1, -0.05) is 6.92 Å². The number of alkyl halides is 1. The summed E-state index contributed by atoms with van der Waals surface area (Å²) in [7, 11) is 0. The Kier molecular flexibility index (Phi) is 2.50. The molecule has 2 aliphatic rings. The zero-order valence-corrected chi connectivity index (χ0v) is 13.4. The van der Waals surface area contributed by atoms with E-state index in [9.17, 15) is 14.0 Å². The Bertz CT molecular complexity index is 1120. The van der Waals surface area contributed by atoms with Crippen molar-refractivity contribution in [3.05, 3.63) is 45.6 Å². The Labute approximate surface area is 140 Å². The van der Waals surface area contributed by atoms with E-state index in [4.69, 9.17) is 0 Å². The molecule has 3 aromatic heterocycles. The van der Waals surface area contributed by atoms with Crippen LogP contribution < -0.4 is 16.1 Å². The molecule has 25 heavy (non-hydrogen) atoms. The molecule has 0 aromatic carbocycles. The van der Waals surface area contributed by atoms with E-state index in [1.165, 1.54) is 12.5 Å². The van der Waals surface area contributed by atoms with Gasteiger partial charge >= 0.3 is 5.69 Å². The third-order valence-electron chi connectivity index (χ3n) is 5.42. The van der Waals surface area contributed by atoms with Crippen LogP contribution in [0.2, 0.25) is 0 Å². The van der Waals surface area contributed by atoms with E-state index in [0.717, 1.165) is 0 Å². The summed E-state index contributed by atoms with van der Waals surface area (Å²) >= 11 is 0. The fraction of sp³-hybridized carbons (Fsp3) is 0.375. The first-order chi connectivity index (χ1) is 11.9. The van der Waals surface area contributed by atoms with E-state index in [-0.39, 0.29) is 5.41 Å². The number of aromatic amines is 2. The maximum Gasteiger partial charge on any atom is 0.325 e. The maximum atomic E-state index is 14.6. The summed E-state index contributed by atoms with van der Waals surface area (Å²) in [6.45, 7) is 2.88. The minimum absolute atomic E-state index is 0.305. The van der Waals surface area contributed by atoms with Gasteiger partial charge in [0.1, 0.15) is 17.5 Å². The van der Waals surface area contributed by atoms with E-state index < -0.39 is 16.9 Å². The van der Waals surface area contributed by atoms with E-state index in [1.54, 1.807) is 16.8 Å². The molecule has 4 heterocycles. The molecule has 9 heteroatoms. The molecule has 8 nitrogen and oxygen atoms in total. The Hall–Kier alpha value is -2.97. The summed E-state index contributed by atoms with van der Waals surface area (Å²) in [5.74, 6) is 0.646. The van der Waals surface area contributed by atoms with Crippen LogP contribution in [0.5, 0.6) is 0 Å². The second-order valence-electron chi connectivity index (χ2n) is 7.19. The number of hydrogen-bond donors (Lipinski definition) is 2. The summed E-state index contributed by atoms with van der Waals surface area (Å²) in [5.41, 5.74) is -0.862. The molecular formula is C16H15FN6O2. The highest BCUT2D eigenvalue weighted by Crippen LogP contribution is 2.64. The molecule has 1 saturated heterocycles. The van der Waals surface area contributed by atoms with Gasteiger partial charge < -0.3 is 9.88 Å². The molecule has 1 saturated carbocycles. The molecule has 1 aliphatic carbocycles. The van der Waals surface area contributed by atoms with Crippen molar-refractivity contribution in [3.8, 4) is 11.1 Å². The molecule has 0 bridgehead atoms. The number of rotatable bonds is 2. The fourth-order valence-electron chi connectivity index (χ4n) is 3.88. The first-order valence-electron chi connectivity index (χ1n) is 7.98. The second kappa shape index (κ2) is 4.35. The van der Waals surface area contributed by atoms with Crippen molar-refractivity contribution < 1.29 is 4.39 Å². The van der Waals surface area contributed by atoms with Crippen molar-refractivity contribution in [3.63, 3.8) is 0 Å². The van der Waals surface area contributed by atoms with Gasteiger partial charge in [0.2, 0.25) is 0 Å². The number of piperidine rings is 1. The number of nitrogens with zero attached hydrogens (tertiary/aromatic N) is 4. The van der Waals surface area contributed by atoms with E-state index in [0.29, 0.717) is 42.0 Å². The van der Waals surface area contributed by atoms with Crippen LogP contribution in [0.15, 0.2) is 34.4 Å². The molecule has 3 aromatic rings. The van der Waals surface area contributed by atoms with Crippen molar-refractivity contribution in [1.82, 2.24) is 24.6 Å². The molecule has 2 fully saturated rings. The smallest absolute Gasteiger partial charge is 0.325 e. The highest BCUT2D eigenvalue weighted by atomic mass is 19.1. The molecule has 1 aliphatic heterocycles. The predicted molar refractivity (Wildman–Crippen MR) is 88.4 cm³/mol. The summed E-state index contributed by atoms with van der Waals surface area (Å²) in [5, 5.41) is 4.17. The van der Waals surface area contributed by atoms with Crippen molar-refractivity contribution in [2.75, 3.05) is 18.0 Å². The Morgan fingerprint density at radius 1 is 1.32 bits per heavy atom. The van der Waals surface area contributed by atoms with Crippen LogP contribution in [-0.2, 0) is 0 Å². The number of halogens is 1. The van der Waals surface area contributed by atoms with Gasteiger partial charge in [-0.15, -0.1) is 0 Å². The van der Waals surface area contributed by atoms with Crippen molar-refractivity contribution in [2.24, 2.45) is 5.41 Å². The quantitative estimate of drug-likeness (QED) is 0.715. The summed E-state index contributed by atoms with van der Waals surface area (Å²) < 4.78 is 16.2. The van der Waals surface area contributed by atoms with Gasteiger partial charge in [0.15, 0.2) is 5.82 Å². The van der Waals surface area contributed by atoms with Gasteiger partial charge in [0, 0.05) is 29.9 Å². The number of fused-ring (bicyclic) bond motifs is 2. The first kappa shape index (κ1) is 14.4. The summed E-state index contributed by atoms with van der Waals surface area (Å²) in [4.78, 5) is 34.1. The maximum absolute atomic E-state index is 14.6. The second-order valence-corrected chi connectivity index (χ2v) is 7.19. The molecule has 0 radical (unpaired) electrons. The molecule has 2 N–H and O–H groups in total. The normalized spacial score (nSPS) is 27.7. The van der Waals surface area contributed by atoms with Crippen LogP contribution in [-0.4, -0.2) is 43.3 Å². The average molecular weight is 342 g/mol. The molecule has 2 atom stereocenters. The first-order valence-corrected chi connectivity index (χ1v) is 7.98. The molecular weight excluding hydrogens is 327 g/mol. The number of H-pyrrole nitrogens is 2. The monoisotopic (exact) mass is 342 g/mol. The number of anilines is 1. The number of aromatic nitrogens is 5. The van der Waals surface area contributed by atoms with E-state index >= 15 is 0 Å². The Morgan fingerprint density at radius 3 is 2.88 bits per heavy atom. The topological polar surface area (TPSA) is 99.2 Å². The highest BCUT2D eigenvalue weighted by molar-refractivity contribution is 5.77. The standard InChI is InChI=1S/C16H15FN6O2/c1-15-5-16(15,17)7-22(6-15)12-11-2-9(4-23(11)20-8-19-12)10-3-18-14(25)21-13(10)24/h2-4,8H,5-7H2,1H3,(H2,18,21,24,25). The third-order valence-corrected chi connectivity index (χ3v) is 5.42. The van der Waals surface area contributed by atoms with Crippen LogP contribution in [0.3, 0.4) is 0 Å². The molecule has 128 valence electrons. The molecule has 0 amide bonds. The molecule has 2 unspecified atom stereocenters. The van der Waals surface area contributed by atoms with Crippen LogP contribution >= 0.6 is 0 Å². The van der Waals surface area contributed by atoms with Crippen LogP contribution in [0, 0.1) is 5.41 Å². The van der Waals surface area contributed by atoms with Gasteiger partial charge in [-0.2, -0.15) is 5.10 Å². The van der Waals surface area contributed by atoms with Crippen LogP contribution in [0.4, 0.5) is 10.2 Å². The van der Waals surface area contributed by atoms with Crippen molar-refractivity contribution >= 4 is 11.3 Å². The zero-order valence-electron chi connectivity index (χ0n) is 13.4. The summed E-state index contributed by atoms with van der Waals surface area (Å²) in [6.07, 6.45) is 5.07. The van der Waals surface area contributed by atoms with Crippen molar-refractivity contribution in [1.29, 1.82) is 0 Å². The van der Waals surface area contributed by atoms with Gasteiger partial charge in [-0.3, -0.25) is 9.78 Å². The average Bonchev–Trinajstić information content (AvgIpc) is 2.87. The lowest BCUT2D eigenvalue weighted by molar-refractivity contribution is 0.286.